The predicted molar refractivity (Wildman–Crippen MR) is 61.1 cm³/mol. The Morgan fingerprint density at radius 2 is 2.23 bits per heavy atom. The number of nitrogens with two attached hydrogens (primary N) is 1. The third kappa shape index (κ3) is 3.67. The van der Waals surface area contributed by atoms with Crippen LogP contribution in [0.2, 0.25) is 5.02 Å². The molecule has 0 aliphatic carbocycles. The van der Waals surface area contributed by atoms with Gasteiger partial charge >= 0.3 is 0 Å². The van der Waals surface area contributed by atoms with Crippen LogP contribution in [0.15, 0.2) is 22.7 Å². The molecule has 0 aliphatic rings. The van der Waals surface area contributed by atoms with E-state index in [9.17, 15) is 0 Å². The molecule has 1 atom stereocenters. The van der Waals surface area contributed by atoms with Crippen molar-refractivity contribution in [2.45, 2.75) is 25.8 Å². The van der Waals surface area contributed by atoms with Crippen molar-refractivity contribution < 1.29 is 0 Å². The summed E-state index contributed by atoms with van der Waals surface area (Å²) in [4.78, 5) is 0. The van der Waals surface area contributed by atoms with E-state index in [1.165, 1.54) is 5.56 Å². The second-order valence-corrected chi connectivity index (χ2v) is 4.57. The van der Waals surface area contributed by atoms with Gasteiger partial charge in [0.2, 0.25) is 0 Å². The van der Waals surface area contributed by atoms with Gasteiger partial charge in [0.1, 0.15) is 0 Å². The van der Waals surface area contributed by atoms with Crippen LogP contribution in [-0.4, -0.2) is 6.04 Å². The lowest BCUT2D eigenvalue weighted by Gasteiger charge is -2.06. The molecule has 72 valence electrons. The first-order valence-electron chi connectivity index (χ1n) is 4.29. The Kier molecular flexibility index (Phi) is 4.23. The molecule has 1 aromatic carbocycles. The fourth-order valence-electron chi connectivity index (χ4n) is 1.11. The van der Waals surface area contributed by atoms with Crippen LogP contribution in [0, 0.1) is 0 Å². The molecule has 0 spiro atoms. The Hall–Kier alpha value is -0.0500. The first-order valence-corrected chi connectivity index (χ1v) is 5.46. The van der Waals surface area contributed by atoms with Gasteiger partial charge in [0.15, 0.2) is 0 Å². The van der Waals surface area contributed by atoms with Gasteiger partial charge < -0.3 is 5.73 Å². The maximum Gasteiger partial charge on any atom is 0.0449 e. The average molecular weight is 263 g/mol. The van der Waals surface area contributed by atoms with Gasteiger partial charge in [-0.05, 0) is 37.5 Å². The van der Waals surface area contributed by atoms with E-state index in [0.29, 0.717) is 0 Å². The number of hydrogen-bond acceptors (Lipinski definition) is 1. The van der Waals surface area contributed by atoms with Crippen molar-refractivity contribution in [2.24, 2.45) is 5.73 Å². The molecule has 0 heterocycles. The van der Waals surface area contributed by atoms with Gasteiger partial charge in [0.05, 0.1) is 0 Å². The minimum absolute atomic E-state index is 0.236. The fraction of sp³-hybridized carbons (Fsp3) is 0.400. The molecule has 0 saturated carbocycles. The molecule has 0 aliphatic heterocycles. The van der Waals surface area contributed by atoms with Crippen LogP contribution < -0.4 is 5.73 Å². The lowest BCUT2D eigenvalue weighted by atomic mass is 10.1. The van der Waals surface area contributed by atoms with Crippen molar-refractivity contribution >= 4 is 27.5 Å². The highest BCUT2D eigenvalue weighted by molar-refractivity contribution is 9.10. The molecule has 0 saturated heterocycles. The molecule has 1 rings (SSSR count). The van der Waals surface area contributed by atoms with Crippen molar-refractivity contribution in [3.63, 3.8) is 0 Å². The topological polar surface area (TPSA) is 26.0 Å². The van der Waals surface area contributed by atoms with Crippen molar-refractivity contribution in [2.75, 3.05) is 0 Å². The minimum atomic E-state index is 0.236. The van der Waals surface area contributed by atoms with Crippen LogP contribution in [0.3, 0.4) is 0 Å². The van der Waals surface area contributed by atoms with Gasteiger partial charge in [0.25, 0.3) is 0 Å². The summed E-state index contributed by atoms with van der Waals surface area (Å²) < 4.78 is 1.02. The highest BCUT2D eigenvalue weighted by atomic mass is 79.9. The molecule has 0 amide bonds. The number of hydrogen-bond donors (Lipinski definition) is 1. The van der Waals surface area contributed by atoms with Gasteiger partial charge in [-0.2, -0.15) is 0 Å². The third-order valence-corrected chi connectivity index (χ3v) is 2.73. The zero-order chi connectivity index (χ0) is 9.84. The Morgan fingerprint density at radius 1 is 1.54 bits per heavy atom. The van der Waals surface area contributed by atoms with Crippen molar-refractivity contribution in [3.8, 4) is 0 Å². The summed E-state index contributed by atoms with van der Waals surface area (Å²) >= 11 is 9.41. The van der Waals surface area contributed by atoms with Crippen LogP contribution >= 0.6 is 27.5 Å². The minimum Gasteiger partial charge on any atom is -0.328 e. The van der Waals surface area contributed by atoms with Gasteiger partial charge in [-0.15, -0.1) is 0 Å². The second kappa shape index (κ2) is 4.99. The Morgan fingerprint density at radius 3 is 2.77 bits per heavy atom. The van der Waals surface area contributed by atoms with Crippen LogP contribution in [0.25, 0.3) is 0 Å². The van der Waals surface area contributed by atoms with Crippen LogP contribution in [-0.2, 0) is 6.42 Å². The normalized spacial score (nSPS) is 12.9. The molecule has 0 radical (unpaired) electrons. The molecule has 1 nitrogen and oxygen atoms in total. The standard InChI is InChI=1S/C10H13BrClN/c1-7(13)2-3-8-4-5-9(11)6-10(8)12/h4-7H,2-3,13H2,1H3/t7-/m0/s1. The number of aryl methyl sites for hydroxylation is 1. The molecule has 0 aromatic heterocycles. The zero-order valence-corrected chi connectivity index (χ0v) is 9.90. The average Bonchev–Trinajstić information content (AvgIpc) is 2.02. The first-order chi connectivity index (χ1) is 6.09. The lowest BCUT2D eigenvalue weighted by molar-refractivity contribution is 0.666. The summed E-state index contributed by atoms with van der Waals surface area (Å²) in [5.41, 5.74) is 6.84. The smallest absolute Gasteiger partial charge is 0.0449 e. The number of benzene rings is 1. The molecule has 1 aromatic rings. The quantitative estimate of drug-likeness (QED) is 0.888. The van der Waals surface area contributed by atoms with E-state index in [1.54, 1.807) is 0 Å². The van der Waals surface area contributed by atoms with E-state index in [4.69, 9.17) is 17.3 Å². The lowest BCUT2D eigenvalue weighted by Crippen LogP contribution is -2.15. The van der Waals surface area contributed by atoms with E-state index in [2.05, 4.69) is 15.9 Å². The zero-order valence-electron chi connectivity index (χ0n) is 7.56. The van der Waals surface area contributed by atoms with Crippen molar-refractivity contribution in [1.82, 2.24) is 0 Å². The van der Waals surface area contributed by atoms with Crippen molar-refractivity contribution in [1.29, 1.82) is 0 Å². The Balaban J connectivity index is 2.67. The highest BCUT2D eigenvalue weighted by Crippen LogP contribution is 2.22. The molecule has 0 unspecified atom stereocenters. The monoisotopic (exact) mass is 261 g/mol. The highest BCUT2D eigenvalue weighted by Gasteiger charge is 2.02. The maximum atomic E-state index is 6.04. The Labute approximate surface area is 92.4 Å². The summed E-state index contributed by atoms with van der Waals surface area (Å²) in [6.07, 6.45) is 1.92. The van der Waals surface area contributed by atoms with Gasteiger partial charge in [-0.3, -0.25) is 0 Å². The molecule has 0 bridgehead atoms. The van der Waals surface area contributed by atoms with Gasteiger partial charge in [-0.25, -0.2) is 0 Å². The molecular formula is C10H13BrClN. The van der Waals surface area contributed by atoms with Crippen LogP contribution in [0.4, 0.5) is 0 Å². The number of halogens is 2. The Bertz CT molecular complexity index is 286. The molecule has 3 heteroatoms. The van der Waals surface area contributed by atoms with Crippen molar-refractivity contribution in [3.05, 3.63) is 33.3 Å². The van der Waals surface area contributed by atoms with Crippen LogP contribution in [0.1, 0.15) is 18.9 Å². The van der Waals surface area contributed by atoms with E-state index < -0.39 is 0 Å². The summed E-state index contributed by atoms with van der Waals surface area (Å²) in [5, 5.41) is 0.815. The van der Waals surface area contributed by atoms with E-state index in [-0.39, 0.29) is 6.04 Å². The maximum absolute atomic E-state index is 6.04. The molecule has 0 fully saturated rings. The van der Waals surface area contributed by atoms with Gasteiger partial charge in [-0.1, -0.05) is 33.6 Å². The summed E-state index contributed by atoms with van der Waals surface area (Å²) in [7, 11) is 0. The van der Waals surface area contributed by atoms with E-state index in [0.717, 1.165) is 22.3 Å². The summed E-state index contributed by atoms with van der Waals surface area (Å²) in [6, 6.07) is 6.19. The van der Waals surface area contributed by atoms with E-state index >= 15 is 0 Å². The molecule has 2 N–H and O–H groups in total. The number of rotatable bonds is 3. The fourth-order valence-corrected chi connectivity index (χ4v) is 1.88. The largest absolute Gasteiger partial charge is 0.328 e. The first kappa shape index (κ1) is 11.0. The second-order valence-electron chi connectivity index (χ2n) is 3.25. The molecule has 13 heavy (non-hydrogen) atoms. The SMILES string of the molecule is C[C@H](N)CCc1ccc(Br)cc1Cl. The third-order valence-electron chi connectivity index (χ3n) is 1.88. The van der Waals surface area contributed by atoms with E-state index in [1.807, 2.05) is 25.1 Å². The molecular weight excluding hydrogens is 249 g/mol. The summed E-state index contributed by atoms with van der Waals surface area (Å²) in [5.74, 6) is 0. The summed E-state index contributed by atoms with van der Waals surface area (Å²) in [6.45, 7) is 2.01. The van der Waals surface area contributed by atoms with Gasteiger partial charge in [0, 0.05) is 15.5 Å². The van der Waals surface area contributed by atoms with Crippen LogP contribution in [0.5, 0.6) is 0 Å². The predicted octanol–water partition coefficient (Wildman–Crippen LogP) is 3.38.